The normalized spacial score (nSPS) is 10.8. The molecule has 0 radical (unpaired) electrons. The van der Waals surface area contributed by atoms with Crippen LogP contribution in [0.2, 0.25) is 0 Å². The van der Waals surface area contributed by atoms with Crippen LogP contribution in [0.15, 0.2) is 34.0 Å². The van der Waals surface area contributed by atoms with Crippen molar-refractivity contribution in [3.8, 4) is 0 Å². The summed E-state index contributed by atoms with van der Waals surface area (Å²) in [6.07, 6.45) is 0.347. The van der Waals surface area contributed by atoms with Crippen molar-refractivity contribution in [3.05, 3.63) is 57.3 Å². The first-order chi connectivity index (χ1) is 9.60. The second-order valence-electron chi connectivity index (χ2n) is 4.65. The van der Waals surface area contributed by atoms with Crippen molar-refractivity contribution in [2.24, 2.45) is 0 Å². The van der Waals surface area contributed by atoms with Crippen LogP contribution in [-0.4, -0.2) is 21.7 Å². The average Bonchev–Trinajstić information content (AvgIpc) is 2.42. The van der Waals surface area contributed by atoms with Crippen molar-refractivity contribution < 1.29 is 5.11 Å². The summed E-state index contributed by atoms with van der Waals surface area (Å²) < 4.78 is 0. The Labute approximate surface area is 122 Å². The van der Waals surface area contributed by atoms with E-state index in [0.29, 0.717) is 29.3 Å². The van der Waals surface area contributed by atoms with Crippen molar-refractivity contribution in [2.75, 3.05) is 6.61 Å². The monoisotopic (exact) mass is 290 g/mol. The van der Waals surface area contributed by atoms with Gasteiger partial charge in [0.05, 0.1) is 5.75 Å². The smallest absolute Gasteiger partial charge is 0.254 e. The molecule has 0 saturated heterocycles. The summed E-state index contributed by atoms with van der Waals surface area (Å²) in [5, 5.41) is 8.93. The lowest BCUT2D eigenvalue weighted by molar-refractivity contribution is 0.298. The van der Waals surface area contributed by atoms with Gasteiger partial charge in [0.25, 0.3) is 5.56 Å². The minimum Gasteiger partial charge on any atom is -0.396 e. The van der Waals surface area contributed by atoms with Gasteiger partial charge in [-0.1, -0.05) is 17.7 Å². The molecule has 0 saturated carbocycles. The van der Waals surface area contributed by atoms with Crippen molar-refractivity contribution >= 4 is 11.8 Å². The van der Waals surface area contributed by atoms with E-state index in [1.807, 2.05) is 0 Å². The van der Waals surface area contributed by atoms with Gasteiger partial charge in [0, 0.05) is 29.2 Å². The maximum Gasteiger partial charge on any atom is 0.254 e. The van der Waals surface area contributed by atoms with E-state index >= 15 is 0 Å². The molecule has 5 heteroatoms. The van der Waals surface area contributed by atoms with E-state index in [2.05, 4.69) is 41.2 Å². The Kier molecular flexibility index (Phi) is 4.98. The summed E-state index contributed by atoms with van der Waals surface area (Å²) in [5.74, 6) is 1.29. The zero-order chi connectivity index (χ0) is 14.5. The van der Waals surface area contributed by atoms with Crippen LogP contribution in [0.4, 0.5) is 0 Å². The molecule has 1 aromatic heterocycles. The molecule has 0 unspecified atom stereocenters. The Hall–Kier alpha value is -1.59. The highest BCUT2D eigenvalue weighted by atomic mass is 32.2. The Bertz CT molecular complexity index is 635. The molecule has 106 valence electrons. The molecule has 2 aromatic rings. The number of hydrogen-bond acceptors (Lipinski definition) is 4. The van der Waals surface area contributed by atoms with Gasteiger partial charge in [0.15, 0.2) is 0 Å². The number of aromatic nitrogens is 2. The minimum atomic E-state index is -0.147. The fourth-order valence-electron chi connectivity index (χ4n) is 1.93. The first kappa shape index (κ1) is 14.8. The van der Waals surface area contributed by atoms with Crippen LogP contribution in [0.3, 0.4) is 0 Å². The lowest BCUT2D eigenvalue weighted by Crippen LogP contribution is -2.19. The van der Waals surface area contributed by atoms with Crippen molar-refractivity contribution in [1.82, 2.24) is 9.97 Å². The number of aliphatic hydroxyl groups is 1. The number of aliphatic hydroxyl groups excluding tert-OH is 1. The molecule has 0 aliphatic rings. The summed E-state index contributed by atoms with van der Waals surface area (Å²) in [5.41, 5.74) is 2.34. The quantitative estimate of drug-likeness (QED) is 0.829. The number of thioether (sulfide) groups is 1. The molecule has 2 N–H and O–H groups in total. The zero-order valence-electron chi connectivity index (χ0n) is 11.6. The molecule has 1 heterocycles. The highest BCUT2D eigenvalue weighted by Gasteiger charge is 2.07. The molecule has 4 nitrogen and oxygen atoms in total. The first-order valence-corrected chi connectivity index (χ1v) is 7.47. The van der Waals surface area contributed by atoms with Crippen LogP contribution in [-0.2, 0) is 12.2 Å². The van der Waals surface area contributed by atoms with Gasteiger partial charge in [0.1, 0.15) is 5.82 Å². The van der Waals surface area contributed by atoms with Gasteiger partial charge in [-0.25, -0.2) is 4.98 Å². The largest absolute Gasteiger partial charge is 0.396 e. The Balaban J connectivity index is 2.10. The lowest BCUT2D eigenvalue weighted by Gasteiger charge is -2.06. The van der Waals surface area contributed by atoms with E-state index in [0.717, 1.165) is 4.90 Å². The molecule has 0 fully saturated rings. The summed E-state index contributed by atoms with van der Waals surface area (Å²) in [6.45, 7) is 3.82. The van der Waals surface area contributed by atoms with Crippen LogP contribution in [0.25, 0.3) is 0 Å². The number of rotatable bonds is 5. The standard InChI is InChI=1S/C15H18N2O2S/c1-10-3-5-12(6-4-10)20-9-14-16-11(2)13(7-8-18)15(19)17-14/h3-6,18H,7-9H2,1-2H3,(H,16,17,19). The summed E-state index contributed by atoms with van der Waals surface area (Å²) in [4.78, 5) is 20.2. The highest BCUT2D eigenvalue weighted by molar-refractivity contribution is 7.98. The summed E-state index contributed by atoms with van der Waals surface area (Å²) in [6, 6.07) is 8.25. The van der Waals surface area contributed by atoms with Gasteiger partial charge in [-0.2, -0.15) is 0 Å². The van der Waals surface area contributed by atoms with Crippen LogP contribution in [0.5, 0.6) is 0 Å². The maximum atomic E-state index is 11.9. The maximum absolute atomic E-state index is 11.9. The fourth-order valence-corrected chi connectivity index (χ4v) is 2.70. The number of benzene rings is 1. The molecule has 0 aliphatic heterocycles. The van der Waals surface area contributed by atoms with E-state index in [1.54, 1.807) is 18.7 Å². The Morgan fingerprint density at radius 1 is 1.25 bits per heavy atom. The predicted molar refractivity (Wildman–Crippen MR) is 81.1 cm³/mol. The van der Waals surface area contributed by atoms with Gasteiger partial charge in [0.2, 0.25) is 0 Å². The van der Waals surface area contributed by atoms with Crippen LogP contribution < -0.4 is 5.56 Å². The molecule has 0 atom stereocenters. The fraction of sp³-hybridized carbons (Fsp3) is 0.333. The third-order valence-electron chi connectivity index (χ3n) is 3.03. The van der Waals surface area contributed by atoms with Crippen molar-refractivity contribution in [2.45, 2.75) is 30.9 Å². The first-order valence-electron chi connectivity index (χ1n) is 6.49. The number of nitrogens with zero attached hydrogens (tertiary/aromatic N) is 1. The number of hydrogen-bond donors (Lipinski definition) is 2. The van der Waals surface area contributed by atoms with Gasteiger partial charge < -0.3 is 10.1 Å². The van der Waals surface area contributed by atoms with E-state index in [4.69, 9.17) is 5.11 Å². The molecule has 1 aromatic carbocycles. The van der Waals surface area contributed by atoms with E-state index in [-0.39, 0.29) is 12.2 Å². The average molecular weight is 290 g/mol. The van der Waals surface area contributed by atoms with Crippen molar-refractivity contribution in [1.29, 1.82) is 0 Å². The van der Waals surface area contributed by atoms with Crippen LogP contribution >= 0.6 is 11.8 Å². The Morgan fingerprint density at radius 2 is 1.95 bits per heavy atom. The van der Waals surface area contributed by atoms with Crippen LogP contribution in [0.1, 0.15) is 22.6 Å². The molecular formula is C15H18N2O2S. The van der Waals surface area contributed by atoms with Gasteiger partial charge >= 0.3 is 0 Å². The van der Waals surface area contributed by atoms with E-state index in [1.165, 1.54) is 5.56 Å². The van der Waals surface area contributed by atoms with E-state index < -0.39 is 0 Å². The highest BCUT2D eigenvalue weighted by Crippen LogP contribution is 2.21. The second kappa shape index (κ2) is 6.72. The minimum absolute atomic E-state index is 0.0386. The van der Waals surface area contributed by atoms with E-state index in [9.17, 15) is 4.79 Å². The number of nitrogens with one attached hydrogen (secondary N) is 1. The van der Waals surface area contributed by atoms with Crippen LogP contribution in [0, 0.1) is 13.8 Å². The van der Waals surface area contributed by atoms with Crippen molar-refractivity contribution in [3.63, 3.8) is 0 Å². The third-order valence-corrected chi connectivity index (χ3v) is 4.05. The topological polar surface area (TPSA) is 66.0 Å². The molecule has 0 amide bonds. The SMILES string of the molecule is Cc1ccc(SCc2nc(C)c(CCO)c(=O)[nH]2)cc1. The van der Waals surface area contributed by atoms with Gasteiger partial charge in [-0.05, 0) is 26.0 Å². The summed E-state index contributed by atoms with van der Waals surface area (Å²) >= 11 is 1.64. The zero-order valence-corrected chi connectivity index (χ0v) is 12.5. The molecule has 0 bridgehead atoms. The predicted octanol–water partition coefficient (Wildman–Crippen LogP) is 2.21. The Morgan fingerprint density at radius 3 is 2.55 bits per heavy atom. The molecular weight excluding hydrogens is 272 g/mol. The number of aryl methyl sites for hydroxylation is 2. The molecule has 20 heavy (non-hydrogen) atoms. The summed E-state index contributed by atoms with van der Waals surface area (Å²) in [7, 11) is 0. The molecule has 2 rings (SSSR count). The molecule has 0 aliphatic carbocycles. The molecule has 0 spiro atoms. The van der Waals surface area contributed by atoms with Gasteiger partial charge in [-0.3, -0.25) is 4.79 Å². The number of aromatic amines is 1. The third kappa shape index (κ3) is 3.71. The second-order valence-corrected chi connectivity index (χ2v) is 5.70. The lowest BCUT2D eigenvalue weighted by atomic mass is 10.2. The van der Waals surface area contributed by atoms with Gasteiger partial charge in [-0.15, -0.1) is 11.8 Å². The number of H-pyrrole nitrogens is 1.